The number of hydrogen-bond acceptors (Lipinski definition) is 2. The van der Waals surface area contributed by atoms with Gasteiger partial charge in [-0.05, 0) is 38.5 Å². The monoisotopic (exact) mass is 240 g/mol. The number of nitrogens with one attached hydrogen (secondary N) is 2. The predicted octanol–water partition coefficient (Wildman–Crippen LogP) is 1.78. The van der Waals surface area contributed by atoms with E-state index in [0.29, 0.717) is 12.0 Å². The van der Waals surface area contributed by atoms with Crippen LogP contribution in [-0.2, 0) is 0 Å². The molecule has 0 heterocycles. The van der Waals surface area contributed by atoms with E-state index in [2.05, 4.69) is 10.6 Å². The van der Waals surface area contributed by atoms with E-state index < -0.39 is 5.54 Å². The number of hydrogen-bond donors (Lipinski definition) is 3. The summed E-state index contributed by atoms with van der Waals surface area (Å²) in [5.41, 5.74) is -0.432. The van der Waals surface area contributed by atoms with E-state index in [1.54, 1.807) is 0 Å². The van der Waals surface area contributed by atoms with Gasteiger partial charge in [0.25, 0.3) is 0 Å². The molecule has 2 rings (SSSR count). The van der Waals surface area contributed by atoms with Crippen LogP contribution in [0.3, 0.4) is 0 Å². The molecule has 2 aliphatic carbocycles. The molecule has 0 unspecified atom stereocenters. The van der Waals surface area contributed by atoms with Crippen LogP contribution in [-0.4, -0.2) is 29.3 Å². The maximum absolute atomic E-state index is 11.9. The summed E-state index contributed by atoms with van der Waals surface area (Å²) in [5.74, 6) is 0.449. The van der Waals surface area contributed by atoms with Crippen LogP contribution in [0.25, 0.3) is 0 Å². The van der Waals surface area contributed by atoms with E-state index in [1.807, 2.05) is 6.92 Å². The average Bonchev–Trinajstić information content (AvgIpc) is 3.14. The van der Waals surface area contributed by atoms with Crippen molar-refractivity contribution in [3.63, 3.8) is 0 Å². The maximum Gasteiger partial charge on any atom is 0.315 e. The predicted molar refractivity (Wildman–Crippen MR) is 66.8 cm³/mol. The molecule has 0 radical (unpaired) electrons. The lowest BCUT2D eigenvalue weighted by Gasteiger charge is -2.31. The molecule has 2 fully saturated rings. The Morgan fingerprint density at radius 2 is 1.88 bits per heavy atom. The number of carbonyl (C=O) groups excluding carboxylic acids is 1. The van der Waals surface area contributed by atoms with Crippen LogP contribution in [0.1, 0.15) is 51.9 Å². The maximum atomic E-state index is 11.9. The fourth-order valence-electron chi connectivity index (χ4n) is 2.72. The summed E-state index contributed by atoms with van der Waals surface area (Å²) < 4.78 is 0. The summed E-state index contributed by atoms with van der Waals surface area (Å²) in [5, 5.41) is 15.4. The smallest absolute Gasteiger partial charge is 0.315 e. The molecule has 0 bridgehead atoms. The molecule has 2 saturated carbocycles. The Bertz CT molecular complexity index is 273. The Labute approximate surface area is 103 Å². The average molecular weight is 240 g/mol. The summed E-state index contributed by atoms with van der Waals surface area (Å²) >= 11 is 0. The number of carbonyl (C=O) groups is 1. The van der Waals surface area contributed by atoms with E-state index in [1.165, 1.54) is 19.3 Å². The van der Waals surface area contributed by atoms with Crippen molar-refractivity contribution in [2.75, 3.05) is 6.61 Å². The van der Waals surface area contributed by atoms with Gasteiger partial charge in [-0.15, -0.1) is 0 Å². The third kappa shape index (κ3) is 3.35. The van der Waals surface area contributed by atoms with Crippen molar-refractivity contribution in [3.8, 4) is 0 Å². The van der Waals surface area contributed by atoms with Gasteiger partial charge in [0, 0.05) is 6.04 Å². The molecule has 3 N–H and O–H groups in total. The summed E-state index contributed by atoms with van der Waals surface area (Å²) in [6.07, 6.45) is 8.12. The molecule has 1 atom stereocenters. The zero-order chi connectivity index (χ0) is 12.3. The first-order chi connectivity index (χ1) is 8.14. The Hall–Kier alpha value is -0.770. The number of amides is 2. The molecular weight excluding hydrogens is 216 g/mol. The molecule has 0 aromatic heterocycles. The van der Waals surface area contributed by atoms with Gasteiger partial charge in [0.05, 0.1) is 12.1 Å². The molecule has 0 aromatic rings. The quantitative estimate of drug-likeness (QED) is 0.701. The lowest BCUT2D eigenvalue weighted by molar-refractivity contribution is 0.153. The third-order valence-electron chi connectivity index (χ3n) is 4.15. The van der Waals surface area contributed by atoms with Gasteiger partial charge in [-0.25, -0.2) is 4.79 Å². The summed E-state index contributed by atoms with van der Waals surface area (Å²) in [6, 6.07) is 0.214. The zero-order valence-corrected chi connectivity index (χ0v) is 10.7. The zero-order valence-electron chi connectivity index (χ0n) is 10.7. The van der Waals surface area contributed by atoms with E-state index in [-0.39, 0.29) is 12.6 Å². The van der Waals surface area contributed by atoms with Crippen molar-refractivity contribution in [3.05, 3.63) is 0 Å². The number of rotatable bonds is 4. The highest BCUT2D eigenvalue weighted by atomic mass is 16.3. The lowest BCUT2D eigenvalue weighted by Crippen LogP contribution is -2.55. The molecular formula is C13H24N2O2. The standard InChI is InChI=1S/C13H24N2O2/c1-13(9-16,10-7-8-10)15-12(17)14-11-5-3-2-4-6-11/h10-11,16H,2-9H2,1H3,(H2,14,15,17)/t13-/m0/s1. The van der Waals surface area contributed by atoms with Crippen LogP contribution in [0, 0.1) is 5.92 Å². The van der Waals surface area contributed by atoms with Crippen LogP contribution >= 0.6 is 0 Å². The minimum absolute atomic E-state index is 0.0236. The Kier molecular flexibility index (Phi) is 3.92. The van der Waals surface area contributed by atoms with Gasteiger partial charge in [-0.2, -0.15) is 0 Å². The van der Waals surface area contributed by atoms with Crippen LogP contribution in [0.2, 0.25) is 0 Å². The van der Waals surface area contributed by atoms with Crippen LogP contribution in [0.4, 0.5) is 4.79 Å². The van der Waals surface area contributed by atoms with Crippen LogP contribution in [0.5, 0.6) is 0 Å². The first-order valence-corrected chi connectivity index (χ1v) is 6.83. The van der Waals surface area contributed by atoms with Gasteiger partial charge in [-0.3, -0.25) is 0 Å². The van der Waals surface area contributed by atoms with Crippen LogP contribution in [0.15, 0.2) is 0 Å². The molecule has 4 heteroatoms. The number of aliphatic hydroxyl groups excluding tert-OH is 1. The lowest BCUT2D eigenvalue weighted by atomic mass is 9.95. The fraction of sp³-hybridized carbons (Fsp3) is 0.923. The Morgan fingerprint density at radius 1 is 1.24 bits per heavy atom. The van der Waals surface area contributed by atoms with Crippen molar-refractivity contribution in [1.82, 2.24) is 10.6 Å². The van der Waals surface area contributed by atoms with Gasteiger partial charge in [0.2, 0.25) is 0 Å². The van der Waals surface area contributed by atoms with Gasteiger partial charge in [0.1, 0.15) is 0 Å². The minimum Gasteiger partial charge on any atom is -0.394 e. The summed E-state index contributed by atoms with van der Waals surface area (Å²) in [4.78, 5) is 11.9. The number of aliphatic hydroxyl groups is 1. The third-order valence-corrected chi connectivity index (χ3v) is 4.15. The molecule has 0 saturated heterocycles. The molecule has 2 amide bonds. The minimum atomic E-state index is -0.432. The highest BCUT2D eigenvalue weighted by molar-refractivity contribution is 5.75. The molecule has 98 valence electrons. The number of urea groups is 1. The van der Waals surface area contributed by atoms with Crippen molar-refractivity contribution in [1.29, 1.82) is 0 Å². The first-order valence-electron chi connectivity index (χ1n) is 6.83. The largest absolute Gasteiger partial charge is 0.394 e. The van der Waals surface area contributed by atoms with Crippen molar-refractivity contribution >= 4 is 6.03 Å². The molecule has 0 aliphatic heterocycles. The van der Waals surface area contributed by atoms with Gasteiger partial charge in [-0.1, -0.05) is 19.3 Å². The normalized spacial score (nSPS) is 25.1. The second kappa shape index (κ2) is 5.25. The second-order valence-electron chi connectivity index (χ2n) is 5.78. The molecule has 0 spiro atoms. The van der Waals surface area contributed by atoms with E-state index >= 15 is 0 Å². The topological polar surface area (TPSA) is 61.4 Å². The van der Waals surface area contributed by atoms with E-state index in [0.717, 1.165) is 25.7 Å². The highest BCUT2D eigenvalue weighted by Crippen LogP contribution is 2.39. The fourth-order valence-corrected chi connectivity index (χ4v) is 2.72. The van der Waals surface area contributed by atoms with E-state index in [9.17, 15) is 9.90 Å². The Morgan fingerprint density at radius 3 is 2.41 bits per heavy atom. The van der Waals surface area contributed by atoms with Gasteiger partial charge < -0.3 is 15.7 Å². The molecule has 0 aromatic carbocycles. The summed E-state index contributed by atoms with van der Waals surface area (Å²) in [6.45, 7) is 1.96. The molecule has 2 aliphatic rings. The van der Waals surface area contributed by atoms with Crippen molar-refractivity contribution < 1.29 is 9.90 Å². The first kappa shape index (κ1) is 12.7. The molecule has 4 nitrogen and oxygen atoms in total. The molecule has 17 heavy (non-hydrogen) atoms. The van der Waals surface area contributed by atoms with Crippen molar-refractivity contribution in [2.45, 2.75) is 63.5 Å². The van der Waals surface area contributed by atoms with Gasteiger partial charge in [0.15, 0.2) is 0 Å². The SMILES string of the molecule is C[C@@](CO)(NC(=O)NC1CCCCC1)C1CC1. The van der Waals surface area contributed by atoms with E-state index in [4.69, 9.17) is 0 Å². The second-order valence-corrected chi connectivity index (χ2v) is 5.78. The van der Waals surface area contributed by atoms with Crippen molar-refractivity contribution in [2.24, 2.45) is 5.92 Å². The Balaban J connectivity index is 1.79. The van der Waals surface area contributed by atoms with Crippen LogP contribution < -0.4 is 10.6 Å². The highest BCUT2D eigenvalue weighted by Gasteiger charge is 2.42. The van der Waals surface area contributed by atoms with Gasteiger partial charge >= 0.3 is 6.03 Å². The summed E-state index contributed by atoms with van der Waals surface area (Å²) in [7, 11) is 0.